The maximum atomic E-state index is 11.5. The number of fused-ring (bicyclic) bond motifs is 1. The van der Waals surface area contributed by atoms with E-state index in [0.717, 1.165) is 76.1 Å². The van der Waals surface area contributed by atoms with Crippen molar-refractivity contribution >= 4 is 17.5 Å². The van der Waals surface area contributed by atoms with Crippen molar-refractivity contribution in [3.8, 4) is 22.6 Å². The number of unbranched alkanes of at least 4 members (excludes halogenated alkanes) is 1. The van der Waals surface area contributed by atoms with Crippen molar-refractivity contribution in [1.82, 2.24) is 10.6 Å². The number of halogens is 1. The van der Waals surface area contributed by atoms with Gasteiger partial charge in [0, 0.05) is 25.6 Å². The van der Waals surface area contributed by atoms with E-state index in [1.165, 1.54) is 38.9 Å². The van der Waals surface area contributed by atoms with E-state index >= 15 is 0 Å². The van der Waals surface area contributed by atoms with Gasteiger partial charge < -0.3 is 20.1 Å². The second-order valence-corrected chi connectivity index (χ2v) is 11.8. The normalized spacial score (nSPS) is 17.9. The lowest BCUT2D eigenvalue weighted by Gasteiger charge is -2.20. The minimum absolute atomic E-state index is 0.0313. The topological polar surface area (TPSA) is 59.6 Å². The summed E-state index contributed by atoms with van der Waals surface area (Å²) in [6, 6.07) is 17.4. The molecule has 0 spiro atoms. The molecule has 1 amide bonds. The predicted molar refractivity (Wildman–Crippen MR) is 167 cm³/mol. The van der Waals surface area contributed by atoms with E-state index in [2.05, 4.69) is 79.9 Å². The van der Waals surface area contributed by atoms with Gasteiger partial charge in [-0.2, -0.15) is 0 Å². The van der Waals surface area contributed by atoms with Crippen LogP contribution in [0, 0.1) is 6.92 Å². The molecular formula is C35H43ClN2O3. The molecule has 0 bridgehead atoms. The van der Waals surface area contributed by atoms with Crippen LogP contribution >= 0.6 is 11.6 Å². The Balaban J connectivity index is 1.33. The number of carbonyl (C=O) groups is 1. The lowest BCUT2D eigenvalue weighted by atomic mass is 9.93. The summed E-state index contributed by atoms with van der Waals surface area (Å²) in [7, 11) is 0. The van der Waals surface area contributed by atoms with E-state index < -0.39 is 0 Å². The summed E-state index contributed by atoms with van der Waals surface area (Å²) in [6.07, 6.45) is 7.57. The lowest BCUT2D eigenvalue weighted by molar-refractivity contribution is -0.119. The van der Waals surface area contributed by atoms with Gasteiger partial charge in [0.05, 0.1) is 11.6 Å². The first-order valence-electron chi connectivity index (χ1n) is 15.3. The highest BCUT2D eigenvalue weighted by Crippen LogP contribution is 2.43. The molecule has 0 aromatic heterocycles. The van der Waals surface area contributed by atoms with Crippen LogP contribution in [0.3, 0.4) is 0 Å². The molecule has 218 valence electrons. The van der Waals surface area contributed by atoms with Gasteiger partial charge in [0.15, 0.2) is 0 Å². The lowest BCUT2D eigenvalue weighted by Crippen LogP contribution is -2.35. The van der Waals surface area contributed by atoms with Crippen LogP contribution in [0.2, 0.25) is 5.02 Å². The molecule has 1 fully saturated rings. The Hall–Kier alpha value is -3.02. The molecule has 41 heavy (non-hydrogen) atoms. The van der Waals surface area contributed by atoms with Gasteiger partial charge in [-0.3, -0.25) is 4.79 Å². The van der Waals surface area contributed by atoms with Crippen LogP contribution < -0.4 is 20.1 Å². The average molecular weight is 575 g/mol. The van der Waals surface area contributed by atoms with Crippen LogP contribution in [-0.2, 0) is 24.2 Å². The number of hydrogen-bond donors (Lipinski definition) is 2. The molecule has 1 saturated heterocycles. The van der Waals surface area contributed by atoms with Crippen LogP contribution in [0.25, 0.3) is 11.1 Å². The minimum atomic E-state index is -0.0313. The van der Waals surface area contributed by atoms with Crippen molar-refractivity contribution in [1.29, 1.82) is 0 Å². The zero-order chi connectivity index (χ0) is 28.8. The summed E-state index contributed by atoms with van der Waals surface area (Å²) in [5.41, 5.74) is 8.75. The molecule has 1 unspecified atom stereocenters. The second kappa shape index (κ2) is 13.8. The molecule has 2 aliphatic rings. The molecule has 1 aliphatic heterocycles. The van der Waals surface area contributed by atoms with Crippen molar-refractivity contribution in [3.05, 3.63) is 81.4 Å². The van der Waals surface area contributed by atoms with Crippen LogP contribution in [0.4, 0.5) is 0 Å². The van der Waals surface area contributed by atoms with Gasteiger partial charge in [0.25, 0.3) is 0 Å². The highest BCUT2D eigenvalue weighted by molar-refractivity contribution is 6.32. The van der Waals surface area contributed by atoms with E-state index in [0.29, 0.717) is 11.4 Å². The monoisotopic (exact) mass is 574 g/mol. The molecule has 1 aliphatic carbocycles. The largest absolute Gasteiger partial charge is 0.493 e. The molecular weight excluding hydrogens is 532 g/mol. The molecule has 2 N–H and O–H groups in total. The van der Waals surface area contributed by atoms with Crippen molar-refractivity contribution in [3.63, 3.8) is 0 Å². The third-order valence-electron chi connectivity index (χ3n) is 8.38. The van der Waals surface area contributed by atoms with Gasteiger partial charge in [-0.15, -0.1) is 0 Å². The molecule has 1 heterocycles. The first-order valence-corrected chi connectivity index (χ1v) is 15.7. The van der Waals surface area contributed by atoms with Crippen molar-refractivity contribution in [2.75, 3.05) is 13.2 Å². The van der Waals surface area contributed by atoms with E-state index in [1.807, 2.05) is 0 Å². The highest BCUT2D eigenvalue weighted by atomic mass is 35.5. The van der Waals surface area contributed by atoms with E-state index in [9.17, 15) is 4.79 Å². The molecule has 5 rings (SSSR count). The summed E-state index contributed by atoms with van der Waals surface area (Å²) < 4.78 is 12.8. The standard InChI is InChI=1S/C35H43ClN2O3/c1-4-6-18-40-32-13-8-10-27(23(32)3)28-11-7-12-30-29(28)15-16-33(30)41-34-20-24(9-5-2)25(19-31(34)36)21-37-22-26-14-17-35(39)38-26/h7-8,10-13,19-20,26,33,37H,4-6,9,14-18,21-22H2,1-3H3,(H,38,39)/t26?,33-/m0/s1. The fourth-order valence-corrected chi connectivity index (χ4v) is 6.37. The zero-order valence-electron chi connectivity index (χ0n) is 24.7. The third kappa shape index (κ3) is 6.90. The zero-order valence-corrected chi connectivity index (χ0v) is 25.4. The smallest absolute Gasteiger partial charge is 0.220 e. The Morgan fingerprint density at radius 3 is 2.59 bits per heavy atom. The fraction of sp³-hybridized carbons (Fsp3) is 0.457. The van der Waals surface area contributed by atoms with E-state index in [1.54, 1.807) is 0 Å². The summed E-state index contributed by atoms with van der Waals surface area (Å²) >= 11 is 6.83. The molecule has 0 radical (unpaired) electrons. The average Bonchev–Trinajstić information content (AvgIpc) is 3.58. The third-order valence-corrected chi connectivity index (χ3v) is 8.67. The summed E-state index contributed by atoms with van der Waals surface area (Å²) in [6.45, 7) is 8.77. The molecule has 5 nitrogen and oxygen atoms in total. The van der Waals surface area contributed by atoms with Gasteiger partial charge in [-0.25, -0.2) is 0 Å². The van der Waals surface area contributed by atoms with Crippen LogP contribution in [0.15, 0.2) is 48.5 Å². The Labute approximate surface area is 250 Å². The molecule has 0 saturated carbocycles. The van der Waals surface area contributed by atoms with Crippen LogP contribution in [0.5, 0.6) is 11.5 Å². The SMILES string of the molecule is CCCCOc1cccc(-c2cccc3c2CC[C@@H]3Oc2cc(CCC)c(CNCC3CCC(=O)N3)cc2Cl)c1C. The Bertz CT molecular complexity index is 1370. The van der Waals surface area contributed by atoms with Crippen molar-refractivity contribution < 1.29 is 14.3 Å². The van der Waals surface area contributed by atoms with Gasteiger partial charge in [0.1, 0.15) is 17.6 Å². The number of aryl methyl sites for hydroxylation is 1. The summed E-state index contributed by atoms with van der Waals surface area (Å²) in [5, 5.41) is 7.19. The predicted octanol–water partition coefficient (Wildman–Crippen LogP) is 7.88. The van der Waals surface area contributed by atoms with E-state index in [4.69, 9.17) is 21.1 Å². The second-order valence-electron chi connectivity index (χ2n) is 11.4. The number of rotatable bonds is 13. The van der Waals surface area contributed by atoms with Crippen LogP contribution in [0.1, 0.15) is 86.3 Å². The van der Waals surface area contributed by atoms with E-state index in [-0.39, 0.29) is 18.1 Å². The first kappa shape index (κ1) is 29.5. The summed E-state index contributed by atoms with van der Waals surface area (Å²) in [4.78, 5) is 11.5. The maximum absolute atomic E-state index is 11.5. The van der Waals surface area contributed by atoms with Crippen molar-refractivity contribution in [2.45, 2.75) is 90.8 Å². The molecule has 3 aromatic carbocycles. The molecule has 2 atom stereocenters. The Morgan fingerprint density at radius 1 is 0.976 bits per heavy atom. The van der Waals surface area contributed by atoms with Gasteiger partial charge in [-0.05, 0) is 96.2 Å². The fourth-order valence-electron chi connectivity index (χ4n) is 6.14. The Kier molecular flexibility index (Phi) is 9.89. The number of benzene rings is 3. The summed E-state index contributed by atoms with van der Waals surface area (Å²) in [5.74, 6) is 1.87. The van der Waals surface area contributed by atoms with Crippen LogP contribution in [-0.4, -0.2) is 25.1 Å². The quantitative estimate of drug-likeness (QED) is 0.204. The number of ether oxygens (including phenoxy) is 2. The number of nitrogens with one attached hydrogen (secondary N) is 2. The number of amides is 1. The highest BCUT2D eigenvalue weighted by Gasteiger charge is 2.28. The molecule has 3 aromatic rings. The Morgan fingerprint density at radius 2 is 1.80 bits per heavy atom. The number of carbonyl (C=O) groups excluding carboxylic acids is 1. The minimum Gasteiger partial charge on any atom is -0.493 e. The first-order chi connectivity index (χ1) is 20.0. The van der Waals surface area contributed by atoms with Gasteiger partial charge in [0.2, 0.25) is 5.91 Å². The van der Waals surface area contributed by atoms with Gasteiger partial charge >= 0.3 is 0 Å². The molecule has 6 heteroatoms. The number of hydrogen-bond acceptors (Lipinski definition) is 4. The maximum Gasteiger partial charge on any atom is 0.220 e. The van der Waals surface area contributed by atoms with Gasteiger partial charge in [-0.1, -0.05) is 68.6 Å². The van der Waals surface area contributed by atoms with Crippen molar-refractivity contribution in [2.24, 2.45) is 0 Å².